The number of para-hydroxylation sites is 2. The van der Waals surface area contributed by atoms with E-state index in [1.54, 1.807) is 0 Å². The van der Waals surface area contributed by atoms with E-state index < -0.39 is 0 Å². The zero-order chi connectivity index (χ0) is 28.2. The third-order valence-corrected chi connectivity index (χ3v) is 7.77. The van der Waals surface area contributed by atoms with Gasteiger partial charge < -0.3 is 14.8 Å². The maximum Gasteiger partial charge on any atom is 0.230 e. The number of nitrogens with one attached hydrogen (secondary N) is 1. The number of ether oxygens (including phenoxy) is 2. The summed E-state index contributed by atoms with van der Waals surface area (Å²) in [6.07, 6.45) is 4.18. The molecular formula is C29H33N5O4S2. The molecule has 210 valence electrons. The average Bonchev–Trinajstić information content (AvgIpc) is 3.58. The highest BCUT2D eigenvalue weighted by Gasteiger charge is 2.14. The molecule has 0 atom stereocenters. The number of rotatable bonds is 16. The molecule has 2 aromatic carbocycles. The van der Waals surface area contributed by atoms with Gasteiger partial charge in [-0.15, -0.1) is 31.7 Å². The summed E-state index contributed by atoms with van der Waals surface area (Å²) < 4.78 is 11.2. The number of hydrogen-bond acceptors (Lipinski definition) is 10. The number of hydrogen-bond donors (Lipinski definition) is 1. The number of carbonyl (C=O) groups is 2. The van der Waals surface area contributed by atoms with Crippen LogP contribution in [0.4, 0.5) is 5.13 Å². The Balaban J connectivity index is 1.17. The number of benzene rings is 2. The van der Waals surface area contributed by atoms with E-state index in [1.165, 1.54) is 22.7 Å². The van der Waals surface area contributed by atoms with Crippen LogP contribution in [0.1, 0.15) is 52.8 Å². The molecule has 0 fully saturated rings. The first-order valence-electron chi connectivity index (χ1n) is 13.4. The number of aromatic nitrogens is 4. The van der Waals surface area contributed by atoms with Gasteiger partial charge in [-0.25, -0.2) is 0 Å². The average molecular weight is 580 g/mol. The molecule has 40 heavy (non-hydrogen) atoms. The topological polar surface area (TPSA) is 116 Å². The van der Waals surface area contributed by atoms with Crippen LogP contribution in [0.25, 0.3) is 0 Å². The Morgan fingerprint density at radius 1 is 0.700 bits per heavy atom. The molecule has 0 aliphatic carbocycles. The molecule has 4 rings (SSSR count). The molecule has 0 bridgehead atoms. The number of anilines is 1. The molecule has 0 aliphatic rings. The fraction of sp³-hybridized carbons (Fsp3) is 0.379. The van der Waals surface area contributed by atoms with Crippen LogP contribution in [-0.4, -0.2) is 45.3 Å². The highest BCUT2D eigenvalue weighted by Crippen LogP contribution is 2.23. The molecule has 0 unspecified atom stereocenters. The Hall–Kier alpha value is -3.70. The van der Waals surface area contributed by atoms with Crippen LogP contribution in [-0.2, 0) is 41.7 Å². The van der Waals surface area contributed by atoms with Gasteiger partial charge in [0.25, 0.3) is 0 Å². The summed E-state index contributed by atoms with van der Waals surface area (Å²) in [6.45, 7) is 4.95. The van der Waals surface area contributed by atoms with Gasteiger partial charge in [0.05, 0.1) is 26.1 Å². The second-order valence-corrected chi connectivity index (χ2v) is 11.2. The van der Waals surface area contributed by atoms with Crippen molar-refractivity contribution in [2.45, 2.75) is 58.8 Å². The first-order chi connectivity index (χ1) is 19.5. The summed E-state index contributed by atoms with van der Waals surface area (Å²) in [5, 5.41) is 22.7. The normalized spacial score (nSPS) is 10.8. The van der Waals surface area contributed by atoms with Gasteiger partial charge in [0.1, 0.15) is 32.3 Å². The van der Waals surface area contributed by atoms with Crippen molar-refractivity contribution in [1.82, 2.24) is 20.4 Å². The number of carbonyl (C=O) groups excluding carboxylic acids is 2. The van der Waals surface area contributed by atoms with E-state index in [0.29, 0.717) is 24.8 Å². The zero-order valence-corrected chi connectivity index (χ0v) is 24.4. The number of aryl methyl sites for hydroxylation is 2. The Kier molecular flexibility index (Phi) is 11.1. The van der Waals surface area contributed by atoms with Crippen LogP contribution in [0.5, 0.6) is 11.5 Å². The lowest BCUT2D eigenvalue weighted by atomic mass is 10.1. The molecule has 9 nitrogen and oxygen atoms in total. The molecule has 0 radical (unpaired) electrons. The molecule has 4 aromatic rings. The fourth-order valence-corrected chi connectivity index (χ4v) is 5.80. The van der Waals surface area contributed by atoms with E-state index >= 15 is 0 Å². The minimum Gasteiger partial charge on any atom is -0.494 e. The molecule has 0 spiro atoms. The molecule has 1 N–H and O–H groups in total. The van der Waals surface area contributed by atoms with Crippen LogP contribution in [0.3, 0.4) is 0 Å². The van der Waals surface area contributed by atoms with Gasteiger partial charge in [-0.1, -0.05) is 47.7 Å². The first kappa shape index (κ1) is 29.3. The molecule has 2 heterocycles. The van der Waals surface area contributed by atoms with Crippen molar-refractivity contribution in [3.63, 3.8) is 0 Å². The van der Waals surface area contributed by atoms with Gasteiger partial charge in [0, 0.05) is 30.4 Å². The lowest BCUT2D eigenvalue weighted by Gasteiger charge is -2.09. The summed E-state index contributed by atoms with van der Waals surface area (Å²) in [4.78, 5) is 25.1. The summed E-state index contributed by atoms with van der Waals surface area (Å²) in [7, 11) is 0. The molecule has 0 aliphatic heterocycles. The van der Waals surface area contributed by atoms with Gasteiger partial charge >= 0.3 is 0 Å². The smallest absolute Gasteiger partial charge is 0.230 e. The van der Waals surface area contributed by atoms with Crippen molar-refractivity contribution >= 4 is 39.5 Å². The maximum absolute atomic E-state index is 12.6. The number of amides is 1. The molecule has 0 saturated carbocycles. The number of Topliss-reactive ketones (excluding diaryl/α,β-unsaturated/α-hetero) is 1. The van der Waals surface area contributed by atoms with Gasteiger partial charge in [-0.05, 0) is 38.8 Å². The molecule has 11 heteroatoms. The Morgan fingerprint density at radius 2 is 1.25 bits per heavy atom. The van der Waals surface area contributed by atoms with Gasteiger partial charge in [-0.3, -0.25) is 9.59 Å². The Morgan fingerprint density at radius 3 is 1.90 bits per heavy atom. The summed E-state index contributed by atoms with van der Waals surface area (Å²) >= 11 is 2.88. The minimum absolute atomic E-state index is 0.0903. The van der Waals surface area contributed by atoms with Crippen LogP contribution >= 0.6 is 22.7 Å². The summed E-state index contributed by atoms with van der Waals surface area (Å²) in [6, 6.07) is 15.2. The fourth-order valence-electron chi connectivity index (χ4n) is 4.09. The van der Waals surface area contributed by atoms with E-state index in [2.05, 4.69) is 25.7 Å². The molecule has 2 aromatic heterocycles. The quantitative estimate of drug-likeness (QED) is 0.178. The zero-order valence-electron chi connectivity index (χ0n) is 22.7. The standard InChI is InChI=1S/C29H33N5O4S2/c1-3-37-23-13-7-5-11-20(23)17-22(35)19-28-33-31-26(39-28)15-9-10-16-27-32-34-29(40-27)30-25(36)18-21-12-6-8-14-24(21)38-4-2/h5-8,11-14H,3-4,9-10,15-19H2,1-2H3,(H,30,34,36). The second kappa shape index (κ2) is 15.2. The monoisotopic (exact) mass is 579 g/mol. The van der Waals surface area contributed by atoms with Gasteiger partial charge in [0.2, 0.25) is 11.0 Å². The third-order valence-electron chi connectivity index (χ3n) is 5.89. The van der Waals surface area contributed by atoms with Crippen molar-refractivity contribution in [3.8, 4) is 11.5 Å². The van der Waals surface area contributed by atoms with Crippen molar-refractivity contribution < 1.29 is 19.1 Å². The predicted molar refractivity (Wildman–Crippen MR) is 156 cm³/mol. The Bertz CT molecular complexity index is 1300. The van der Waals surface area contributed by atoms with E-state index in [-0.39, 0.29) is 24.5 Å². The lowest BCUT2D eigenvalue weighted by molar-refractivity contribution is -0.118. The van der Waals surface area contributed by atoms with Crippen molar-refractivity contribution in [1.29, 1.82) is 0 Å². The summed E-state index contributed by atoms with van der Waals surface area (Å²) in [5.41, 5.74) is 1.73. The lowest BCUT2D eigenvalue weighted by Crippen LogP contribution is -2.15. The predicted octanol–water partition coefficient (Wildman–Crippen LogP) is 5.29. The molecule has 1 amide bonds. The van der Waals surface area contributed by atoms with Crippen molar-refractivity contribution in [2.24, 2.45) is 0 Å². The largest absolute Gasteiger partial charge is 0.494 e. The number of ketones is 1. The molecular weight excluding hydrogens is 546 g/mol. The van der Waals surface area contributed by atoms with E-state index in [9.17, 15) is 9.59 Å². The Labute approximate surface area is 242 Å². The van der Waals surface area contributed by atoms with Gasteiger partial charge in [0.15, 0.2) is 0 Å². The van der Waals surface area contributed by atoms with Crippen LogP contribution in [0.15, 0.2) is 48.5 Å². The van der Waals surface area contributed by atoms with Crippen LogP contribution in [0.2, 0.25) is 0 Å². The van der Waals surface area contributed by atoms with Crippen molar-refractivity contribution in [3.05, 3.63) is 74.7 Å². The molecule has 0 saturated heterocycles. The highest BCUT2D eigenvalue weighted by atomic mass is 32.1. The van der Waals surface area contributed by atoms with E-state index in [4.69, 9.17) is 9.47 Å². The van der Waals surface area contributed by atoms with Crippen LogP contribution < -0.4 is 14.8 Å². The highest BCUT2D eigenvalue weighted by molar-refractivity contribution is 7.15. The number of unbranched alkanes of at least 4 members (excludes halogenated alkanes) is 1. The first-order valence-corrected chi connectivity index (χ1v) is 15.0. The SMILES string of the molecule is CCOc1ccccc1CC(=O)Cc1nnc(CCCCc2nnc(NC(=O)Cc3ccccc3OCC)s2)s1. The maximum atomic E-state index is 12.6. The second-order valence-electron chi connectivity index (χ2n) is 9.00. The van der Waals surface area contributed by atoms with Crippen LogP contribution in [0, 0.1) is 0 Å². The van der Waals surface area contributed by atoms with E-state index in [0.717, 1.165) is 63.3 Å². The summed E-state index contributed by atoms with van der Waals surface area (Å²) in [5.74, 6) is 1.41. The third kappa shape index (κ3) is 8.92. The van der Waals surface area contributed by atoms with E-state index in [1.807, 2.05) is 62.4 Å². The van der Waals surface area contributed by atoms with Gasteiger partial charge in [-0.2, -0.15) is 0 Å². The minimum atomic E-state index is -0.154. The van der Waals surface area contributed by atoms with Crippen molar-refractivity contribution in [2.75, 3.05) is 18.5 Å². The number of nitrogens with zero attached hydrogens (tertiary/aromatic N) is 4.